The standard InChI is InChI=1S/C30H37N7O/c1-35-15-17-36(18-16-35)23-7-9-24(10-8-23)37-27-13-14-33-30(32)28(27)29(34-37)22-5-11-25(12-6-22)38-26-4-2-3-21(19-26)20-31/h2-6,11-14,19,23-24H,7-10,15-18,20,31H2,1H3,(H2,32,33). The Kier molecular flexibility index (Phi) is 7.02. The number of aromatic nitrogens is 3. The van der Waals surface area contributed by atoms with Gasteiger partial charge in [0.15, 0.2) is 0 Å². The third-order valence-corrected chi connectivity index (χ3v) is 8.21. The van der Waals surface area contributed by atoms with Gasteiger partial charge in [-0.3, -0.25) is 9.58 Å². The minimum atomic E-state index is 0.370. The number of nitrogens with zero attached hydrogens (tertiary/aromatic N) is 5. The van der Waals surface area contributed by atoms with Crippen LogP contribution in [0.25, 0.3) is 22.2 Å². The fourth-order valence-electron chi connectivity index (χ4n) is 6.00. The van der Waals surface area contributed by atoms with Gasteiger partial charge in [0.05, 0.1) is 16.9 Å². The monoisotopic (exact) mass is 511 g/mol. The van der Waals surface area contributed by atoms with Gasteiger partial charge in [-0.25, -0.2) is 4.98 Å². The number of nitrogens with two attached hydrogens (primary N) is 2. The minimum absolute atomic E-state index is 0.370. The summed E-state index contributed by atoms with van der Waals surface area (Å²) in [5, 5.41) is 6.08. The molecule has 2 aromatic carbocycles. The van der Waals surface area contributed by atoms with Crippen molar-refractivity contribution in [2.75, 3.05) is 39.0 Å². The maximum absolute atomic E-state index is 6.42. The largest absolute Gasteiger partial charge is 0.457 e. The molecule has 0 atom stereocenters. The number of hydrogen-bond donors (Lipinski definition) is 2. The molecular formula is C30H37N7O. The van der Waals surface area contributed by atoms with Crippen LogP contribution in [-0.4, -0.2) is 63.8 Å². The van der Waals surface area contributed by atoms with Crippen LogP contribution in [-0.2, 0) is 6.54 Å². The molecule has 1 aliphatic heterocycles. The number of likely N-dealkylation sites (N-methyl/N-ethyl adjacent to an activating group) is 1. The van der Waals surface area contributed by atoms with Crippen molar-refractivity contribution in [3.05, 3.63) is 66.4 Å². The van der Waals surface area contributed by atoms with Crippen molar-refractivity contribution in [3.8, 4) is 22.8 Å². The van der Waals surface area contributed by atoms with E-state index >= 15 is 0 Å². The van der Waals surface area contributed by atoms with Gasteiger partial charge in [0, 0.05) is 50.5 Å². The van der Waals surface area contributed by atoms with Crippen molar-refractivity contribution < 1.29 is 4.74 Å². The van der Waals surface area contributed by atoms with Crippen LogP contribution in [0, 0.1) is 0 Å². The lowest BCUT2D eigenvalue weighted by Crippen LogP contribution is -2.49. The normalized spacial score (nSPS) is 21.1. The lowest BCUT2D eigenvalue weighted by molar-refractivity contribution is 0.0816. The molecule has 4 aromatic rings. The fraction of sp³-hybridized carbons (Fsp3) is 0.400. The molecule has 198 valence electrons. The summed E-state index contributed by atoms with van der Waals surface area (Å²) in [5.41, 5.74) is 16.2. The number of fused-ring (bicyclic) bond motifs is 1. The van der Waals surface area contributed by atoms with E-state index < -0.39 is 0 Å². The van der Waals surface area contributed by atoms with E-state index in [1.54, 1.807) is 6.20 Å². The van der Waals surface area contributed by atoms with E-state index in [1.807, 2.05) is 48.5 Å². The molecule has 0 spiro atoms. The number of ether oxygens (including phenoxy) is 1. The van der Waals surface area contributed by atoms with Crippen LogP contribution in [0.15, 0.2) is 60.8 Å². The molecule has 2 aromatic heterocycles. The molecule has 4 N–H and O–H groups in total. The molecule has 38 heavy (non-hydrogen) atoms. The second-order valence-electron chi connectivity index (χ2n) is 10.7. The summed E-state index contributed by atoms with van der Waals surface area (Å²) in [4.78, 5) is 9.52. The first-order chi connectivity index (χ1) is 18.6. The van der Waals surface area contributed by atoms with Crippen molar-refractivity contribution in [2.24, 2.45) is 5.73 Å². The zero-order valence-corrected chi connectivity index (χ0v) is 22.1. The number of pyridine rings is 1. The van der Waals surface area contributed by atoms with E-state index in [-0.39, 0.29) is 0 Å². The number of benzene rings is 2. The summed E-state index contributed by atoms with van der Waals surface area (Å²) in [5.74, 6) is 2.06. The van der Waals surface area contributed by atoms with Gasteiger partial charge in [0.2, 0.25) is 0 Å². The Labute approximate surface area is 224 Å². The fourth-order valence-corrected chi connectivity index (χ4v) is 6.00. The van der Waals surface area contributed by atoms with Crippen LogP contribution in [0.5, 0.6) is 11.5 Å². The Morgan fingerprint density at radius 2 is 1.63 bits per heavy atom. The van der Waals surface area contributed by atoms with Crippen molar-refractivity contribution in [1.82, 2.24) is 24.6 Å². The Bertz CT molecular complexity index is 1380. The number of nitrogen functional groups attached to an aromatic ring is 1. The zero-order valence-electron chi connectivity index (χ0n) is 22.1. The minimum Gasteiger partial charge on any atom is -0.457 e. The molecule has 6 rings (SSSR count). The maximum Gasteiger partial charge on any atom is 0.135 e. The Morgan fingerprint density at radius 1 is 0.895 bits per heavy atom. The summed E-state index contributed by atoms with van der Waals surface area (Å²) >= 11 is 0. The first kappa shape index (κ1) is 24.9. The van der Waals surface area contributed by atoms with Crippen LogP contribution in [0.3, 0.4) is 0 Å². The molecule has 1 aliphatic carbocycles. The highest BCUT2D eigenvalue weighted by atomic mass is 16.5. The van der Waals surface area contributed by atoms with E-state index in [0.717, 1.165) is 52.1 Å². The molecule has 1 saturated carbocycles. The molecule has 2 fully saturated rings. The Morgan fingerprint density at radius 3 is 2.37 bits per heavy atom. The van der Waals surface area contributed by atoms with E-state index in [4.69, 9.17) is 21.3 Å². The van der Waals surface area contributed by atoms with Crippen molar-refractivity contribution in [2.45, 2.75) is 44.3 Å². The molecular weight excluding hydrogens is 474 g/mol. The Balaban J connectivity index is 1.23. The molecule has 0 amide bonds. The topological polar surface area (TPSA) is 98.5 Å². The van der Waals surface area contributed by atoms with Crippen molar-refractivity contribution >= 4 is 16.7 Å². The second-order valence-corrected chi connectivity index (χ2v) is 10.7. The summed E-state index contributed by atoms with van der Waals surface area (Å²) in [6, 6.07) is 19.0. The van der Waals surface area contributed by atoms with E-state index in [1.165, 1.54) is 39.0 Å². The summed E-state index contributed by atoms with van der Waals surface area (Å²) in [6.45, 7) is 5.19. The highest BCUT2D eigenvalue weighted by molar-refractivity contribution is 6.00. The third kappa shape index (κ3) is 4.99. The average molecular weight is 512 g/mol. The van der Waals surface area contributed by atoms with Gasteiger partial charge in [-0.15, -0.1) is 0 Å². The predicted octanol–water partition coefficient (Wildman–Crippen LogP) is 4.66. The van der Waals surface area contributed by atoms with Crippen LogP contribution in [0.1, 0.15) is 37.3 Å². The lowest BCUT2D eigenvalue weighted by atomic mass is 9.89. The lowest BCUT2D eigenvalue weighted by Gasteiger charge is -2.41. The first-order valence-corrected chi connectivity index (χ1v) is 13.7. The van der Waals surface area contributed by atoms with Gasteiger partial charge in [0.25, 0.3) is 0 Å². The highest BCUT2D eigenvalue weighted by Gasteiger charge is 2.30. The Hall–Kier alpha value is -3.46. The molecule has 8 nitrogen and oxygen atoms in total. The van der Waals surface area contributed by atoms with Crippen LogP contribution in [0.2, 0.25) is 0 Å². The molecule has 2 aliphatic rings. The summed E-state index contributed by atoms with van der Waals surface area (Å²) in [6.07, 6.45) is 6.47. The van der Waals surface area contributed by atoms with Gasteiger partial charge in [-0.05, 0) is 80.8 Å². The molecule has 0 unspecified atom stereocenters. The summed E-state index contributed by atoms with van der Waals surface area (Å²) < 4.78 is 8.28. The van der Waals surface area contributed by atoms with Crippen LogP contribution in [0.4, 0.5) is 5.82 Å². The average Bonchev–Trinajstić information content (AvgIpc) is 3.35. The quantitative estimate of drug-likeness (QED) is 0.388. The van der Waals surface area contributed by atoms with Crippen molar-refractivity contribution in [3.63, 3.8) is 0 Å². The molecule has 3 heterocycles. The third-order valence-electron chi connectivity index (χ3n) is 8.21. The van der Waals surface area contributed by atoms with E-state index in [2.05, 4.69) is 32.6 Å². The number of rotatable bonds is 6. The number of hydrogen-bond acceptors (Lipinski definition) is 7. The van der Waals surface area contributed by atoms with E-state index in [9.17, 15) is 0 Å². The van der Waals surface area contributed by atoms with Gasteiger partial charge >= 0.3 is 0 Å². The number of anilines is 1. The maximum atomic E-state index is 6.42. The van der Waals surface area contributed by atoms with Crippen LogP contribution >= 0.6 is 0 Å². The molecule has 1 saturated heterocycles. The van der Waals surface area contributed by atoms with Crippen LogP contribution < -0.4 is 16.2 Å². The zero-order chi connectivity index (χ0) is 26.1. The predicted molar refractivity (Wildman–Crippen MR) is 152 cm³/mol. The van der Waals surface area contributed by atoms with Gasteiger partial charge < -0.3 is 21.1 Å². The smallest absolute Gasteiger partial charge is 0.135 e. The molecule has 8 heteroatoms. The number of piperazine rings is 1. The molecule has 0 radical (unpaired) electrons. The first-order valence-electron chi connectivity index (χ1n) is 13.7. The summed E-state index contributed by atoms with van der Waals surface area (Å²) in [7, 11) is 2.22. The highest BCUT2D eigenvalue weighted by Crippen LogP contribution is 2.38. The molecule has 0 bridgehead atoms. The van der Waals surface area contributed by atoms with Gasteiger partial charge in [0.1, 0.15) is 23.0 Å². The van der Waals surface area contributed by atoms with E-state index in [0.29, 0.717) is 24.4 Å². The van der Waals surface area contributed by atoms with Gasteiger partial charge in [-0.2, -0.15) is 5.10 Å². The van der Waals surface area contributed by atoms with Crippen molar-refractivity contribution in [1.29, 1.82) is 0 Å². The SMILES string of the molecule is CN1CCN(C2CCC(n3nc(-c4ccc(Oc5cccc(CN)c5)cc4)c4c(N)nccc43)CC2)CC1. The second kappa shape index (κ2) is 10.7. The van der Waals surface area contributed by atoms with Gasteiger partial charge in [-0.1, -0.05) is 12.1 Å².